The Hall–Kier alpha value is -2.68. The molecule has 8 nitrogen and oxygen atoms in total. The lowest BCUT2D eigenvalue weighted by molar-refractivity contribution is -0.150. The van der Waals surface area contributed by atoms with Gasteiger partial charge in [-0.25, -0.2) is 0 Å². The molecule has 3 unspecified atom stereocenters. The first kappa shape index (κ1) is 29.3. The standard InChI is InChI=1S/C30H40ClN3O5/c1-6-15-32(5)26(36)23-24-27(37)34(17-9-8-10-18-35)25(30(24)19-20(3)29(23,4)39-30)28(38)33(16-7-2)22-13-11-21(31)12-14-22/h6-7,11-14,20,23-25,35H,1-2,8-10,15-19H2,3-5H3/t20?,23-,24-,25?,29+,30?/m0/s1. The number of hydrogen-bond donors (Lipinski definition) is 1. The van der Waals surface area contributed by atoms with Gasteiger partial charge in [0.15, 0.2) is 0 Å². The van der Waals surface area contributed by atoms with Crippen LogP contribution < -0.4 is 4.90 Å². The molecule has 3 aliphatic rings. The summed E-state index contributed by atoms with van der Waals surface area (Å²) in [4.78, 5) is 47.4. The molecular formula is C30H40ClN3O5. The van der Waals surface area contributed by atoms with E-state index in [0.29, 0.717) is 49.5 Å². The van der Waals surface area contributed by atoms with Crippen LogP contribution in [0.1, 0.15) is 39.5 Å². The lowest BCUT2D eigenvalue weighted by atomic mass is 9.62. The second-order valence-corrected chi connectivity index (χ2v) is 11.7. The highest BCUT2D eigenvalue weighted by molar-refractivity contribution is 6.30. The van der Waals surface area contributed by atoms with Crippen LogP contribution >= 0.6 is 11.6 Å². The van der Waals surface area contributed by atoms with Crippen molar-refractivity contribution >= 4 is 35.0 Å². The molecule has 1 aromatic carbocycles. The van der Waals surface area contributed by atoms with E-state index < -0.39 is 29.1 Å². The Morgan fingerprint density at radius 2 is 1.82 bits per heavy atom. The molecule has 0 radical (unpaired) electrons. The van der Waals surface area contributed by atoms with Crippen molar-refractivity contribution in [3.63, 3.8) is 0 Å². The molecule has 3 heterocycles. The molecule has 3 saturated heterocycles. The smallest absolute Gasteiger partial charge is 0.253 e. The number of unbranched alkanes of at least 4 members (excludes halogenated alkanes) is 2. The second-order valence-electron chi connectivity index (χ2n) is 11.2. The van der Waals surface area contributed by atoms with Gasteiger partial charge in [0.05, 0.1) is 17.4 Å². The maximum absolute atomic E-state index is 14.5. The molecule has 1 aromatic rings. The van der Waals surface area contributed by atoms with Crippen LogP contribution in [-0.2, 0) is 19.1 Å². The molecule has 3 amide bonds. The van der Waals surface area contributed by atoms with Crippen molar-refractivity contribution in [3.8, 4) is 0 Å². The van der Waals surface area contributed by atoms with E-state index in [4.69, 9.17) is 16.3 Å². The zero-order valence-corrected chi connectivity index (χ0v) is 23.9. The van der Waals surface area contributed by atoms with Crippen molar-refractivity contribution in [1.82, 2.24) is 9.80 Å². The van der Waals surface area contributed by atoms with E-state index in [-0.39, 0.29) is 36.8 Å². The Kier molecular flexibility index (Phi) is 8.59. The average molecular weight is 558 g/mol. The first-order chi connectivity index (χ1) is 18.6. The third-order valence-electron chi connectivity index (χ3n) is 8.87. The summed E-state index contributed by atoms with van der Waals surface area (Å²) in [6, 6.07) is 6.09. The predicted octanol–water partition coefficient (Wildman–Crippen LogP) is 3.68. The molecule has 6 atom stereocenters. The summed E-state index contributed by atoms with van der Waals surface area (Å²) in [6.45, 7) is 12.6. The fraction of sp³-hybridized carbons (Fsp3) is 0.567. The Morgan fingerprint density at radius 1 is 1.15 bits per heavy atom. The van der Waals surface area contributed by atoms with Gasteiger partial charge >= 0.3 is 0 Å². The number of carbonyl (C=O) groups is 3. The van der Waals surface area contributed by atoms with Crippen molar-refractivity contribution in [2.75, 3.05) is 38.2 Å². The number of anilines is 1. The molecule has 4 rings (SSSR count). The molecule has 3 fully saturated rings. The van der Waals surface area contributed by atoms with E-state index in [9.17, 15) is 19.5 Å². The Labute approximate surface area is 236 Å². The van der Waals surface area contributed by atoms with Crippen LogP contribution in [-0.4, -0.2) is 83.2 Å². The van der Waals surface area contributed by atoms with Crippen LogP contribution in [0.3, 0.4) is 0 Å². The van der Waals surface area contributed by atoms with E-state index in [1.54, 1.807) is 58.2 Å². The Balaban J connectivity index is 1.80. The molecule has 2 bridgehead atoms. The van der Waals surface area contributed by atoms with E-state index in [1.165, 1.54) is 0 Å². The molecule has 3 aliphatic heterocycles. The average Bonchev–Trinajstić information content (AvgIpc) is 3.41. The summed E-state index contributed by atoms with van der Waals surface area (Å²) in [7, 11) is 1.71. The molecule has 212 valence electrons. The Bertz CT molecular complexity index is 1130. The fourth-order valence-corrected chi connectivity index (χ4v) is 7.07. The number of carbonyl (C=O) groups excluding carboxylic acids is 3. The molecule has 0 saturated carbocycles. The SMILES string of the molecule is C=CCN(C)C(=O)[C@@H]1[C@H]2C(=O)N(CCCCCO)C(C(=O)N(CC=C)c3ccc(Cl)cc3)C23CC(C)[C@@]1(C)O3. The molecule has 9 heteroatoms. The summed E-state index contributed by atoms with van der Waals surface area (Å²) in [5.41, 5.74) is -1.36. The lowest BCUT2D eigenvalue weighted by Gasteiger charge is -2.38. The van der Waals surface area contributed by atoms with Gasteiger partial charge in [-0.2, -0.15) is 0 Å². The molecule has 1 spiro atoms. The molecule has 1 N–H and O–H groups in total. The second kappa shape index (κ2) is 11.4. The number of halogens is 1. The number of aliphatic hydroxyl groups excluding tert-OH is 1. The molecule has 39 heavy (non-hydrogen) atoms. The van der Waals surface area contributed by atoms with Crippen molar-refractivity contribution in [3.05, 3.63) is 54.6 Å². The summed E-state index contributed by atoms with van der Waals surface area (Å²) < 4.78 is 6.82. The number of likely N-dealkylation sites (tertiary alicyclic amines) is 1. The third-order valence-corrected chi connectivity index (χ3v) is 9.12. The minimum Gasteiger partial charge on any atom is -0.396 e. The highest BCUT2D eigenvalue weighted by atomic mass is 35.5. The van der Waals surface area contributed by atoms with E-state index in [2.05, 4.69) is 13.2 Å². The van der Waals surface area contributed by atoms with Gasteiger partial charge in [-0.15, -0.1) is 13.2 Å². The van der Waals surface area contributed by atoms with Crippen LogP contribution in [0, 0.1) is 17.8 Å². The van der Waals surface area contributed by atoms with Crippen molar-refractivity contribution in [2.45, 2.75) is 56.8 Å². The van der Waals surface area contributed by atoms with Gasteiger partial charge in [0.25, 0.3) is 5.91 Å². The van der Waals surface area contributed by atoms with Crippen LogP contribution in [0.25, 0.3) is 0 Å². The van der Waals surface area contributed by atoms with Gasteiger partial charge in [-0.05, 0) is 62.8 Å². The van der Waals surface area contributed by atoms with Crippen LogP contribution in [0.15, 0.2) is 49.6 Å². The number of likely N-dealkylation sites (N-methyl/N-ethyl adjacent to an activating group) is 1. The molecule has 0 aliphatic carbocycles. The monoisotopic (exact) mass is 557 g/mol. The number of benzene rings is 1. The first-order valence-corrected chi connectivity index (χ1v) is 14.1. The quantitative estimate of drug-likeness (QED) is 0.313. The number of hydrogen-bond acceptors (Lipinski definition) is 5. The maximum Gasteiger partial charge on any atom is 0.253 e. The van der Waals surface area contributed by atoms with Crippen molar-refractivity contribution in [2.24, 2.45) is 17.8 Å². The van der Waals surface area contributed by atoms with Crippen LogP contribution in [0.4, 0.5) is 5.69 Å². The van der Waals surface area contributed by atoms with Gasteiger partial charge in [-0.1, -0.05) is 30.7 Å². The summed E-state index contributed by atoms with van der Waals surface area (Å²) in [6.07, 6.45) is 5.76. The number of nitrogens with zero attached hydrogens (tertiary/aromatic N) is 3. The highest BCUT2D eigenvalue weighted by Crippen LogP contribution is 2.65. The minimum absolute atomic E-state index is 0.0411. The minimum atomic E-state index is -1.12. The maximum atomic E-state index is 14.5. The van der Waals surface area contributed by atoms with Gasteiger partial charge < -0.3 is 24.5 Å². The van der Waals surface area contributed by atoms with Gasteiger partial charge in [0.2, 0.25) is 11.8 Å². The normalized spacial score (nSPS) is 30.8. The predicted molar refractivity (Wildman–Crippen MR) is 151 cm³/mol. The van der Waals surface area contributed by atoms with E-state index in [0.717, 1.165) is 0 Å². The zero-order valence-electron chi connectivity index (χ0n) is 23.1. The van der Waals surface area contributed by atoms with Crippen LogP contribution in [0.5, 0.6) is 0 Å². The van der Waals surface area contributed by atoms with Crippen molar-refractivity contribution in [1.29, 1.82) is 0 Å². The molecule has 0 aromatic heterocycles. The van der Waals surface area contributed by atoms with Gasteiger partial charge in [0.1, 0.15) is 11.6 Å². The third kappa shape index (κ3) is 4.81. The fourth-order valence-electron chi connectivity index (χ4n) is 6.95. The highest BCUT2D eigenvalue weighted by Gasteiger charge is 2.80. The number of fused-ring (bicyclic) bond motifs is 1. The summed E-state index contributed by atoms with van der Waals surface area (Å²) in [5, 5.41) is 9.81. The number of aliphatic hydroxyl groups is 1. The lowest BCUT2D eigenvalue weighted by Crippen LogP contribution is -2.57. The summed E-state index contributed by atoms with van der Waals surface area (Å²) in [5.74, 6) is -2.16. The van der Waals surface area contributed by atoms with Crippen LogP contribution in [0.2, 0.25) is 5.02 Å². The zero-order chi connectivity index (χ0) is 28.5. The van der Waals surface area contributed by atoms with Gasteiger partial charge in [-0.3, -0.25) is 14.4 Å². The topological polar surface area (TPSA) is 90.4 Å². The number of rotatable bonds is 12. The summed E-state index contributed by atoms with van der Waals surface area (Å²) >= 11 is 6.12. The molecular weight excluding hydrogens is 518 g/mol. The largest absolute Gasteiger partial charge is 0.396 e. The van der Waals surface area contributed by atoms with Crippen molar-refractivity contribution < 1.29 is 24.2 Å². The van der Waals surface area contributed by atoms with E-state index >= 15 is 0 Å². The number of amides is 3. The van der Waals surface area contributed by atoms with E-state index in [1.807, 2.05) is 13.8 Å². The van der Waals surface area contributed by atoms with Gasteiger partial charge in [0, 0.05) is 44.0 Å². The Morgan fingerprint density at radius 3 is 2.44 bits per heavy atom. The first-order valence-electron chi connectivity index (χ1n) is 13.7. The number of ether oxygens (including phenoxy) is 1.